The largest absolute Gasteiger partial charge is 0.365 e. The zero-order valence-corrected chi connectivity index (χ0v) is 14.1. The Morgan fingerprint density at radius 2 is 1.81 bits per heavy atom. The number of unbranched alkanes of at least 4 members (excludes halogenated alkanes) is 2. The summed E-state index contributed by atoms with van der Waals surface area (Å²) in [6.45, 7) is 8.11. The molecule has 2 N–H and O–H groups in total. The van der Waals surface area contributed by atoms with Crippen molar-refractivity contribution in [1.29, 1.82) is 0 Å². The number of carbonyl (C=O) groups is 1. The lowest BCUT2D eigenvalue weighted by Gasteiger charge is -2.30. The summed E-state index contributed by atoms with van der Waals surface area (Å²) in [5, 5.41) is 6.54. The molecule has 0 radical (unpaired) electrons. The van der Waals surface area contributed by atoms with E-state index in [0.29, 0.717) is 6.04 Å². The van der Waals surface area contributed by atoms with E-state index in [0.717, 1.165) is 45.2 Å². The van der Waals surface area contributed by atoms with Gasteiger partial charge in [-0.25, -0.2) is 0 Å². The lowest BCUT2D eigenvalue weighted by Crippen LogP contribution is -2.40. The molecule has 1 fully saturated rings. The van der Waals surface area contributed by atoms with E-state index in [2.05, 4.69) is 24.5 Å². The minimum absolute atomic E-state index is 0.0392. The van der Waals surface area contributed by atoms with Gasteiger partial charge in [0.25, 0.3) is 0 Å². The highest BCUT2D eigenvalue weighted by atomic mass is 16.5. The summed E-state index contributed by atoms with van der Waals surface area (Å²) in [5.41, 5.74) is 0. The molecule has 4 nitrogen and oxygen atoms in total. The average molecular weight is 298 g/mol. The molecule has 21 heavy (non-hydrogen) atoms. The van der Waals surface area contributed by atoms with Crippen molar-refractivity contribution >= 4 is 5.91 Å². The van der Waals surface area contributed by atoms with E-state index >= 15 is 0 Å². The molecule has 1 aliphatic rings. The fraction of sp³-hybridized carbons (Fsp3) is 0.941. The van der Waals surface area contributed by atoms with Crippen LogP contribution in [0.25, 0.3) is 0 Å². The Morgan fingerprint density at radius 3 is 2.43 bits per heavy atom. The van der Waals surface area contributed by atoms with Gasteiger partial charge in [-0.2, -0.15) is 0 Å². The topological polar surface area (TPSA) is 50.4 Å². The van der Waals surface area contributed by atoms with Crippen LogP contribution in [0.3, 0.4) is 0 Å². The van der Waals surface area contributed by atoms with Gasteiger partial charge in [-0.3, -0.25) is 4.79 Å². The first kappa shape index (κ1) is 18.4. The van der Waals surface area contributed by atoms with Crippen LogP contribution in [0.2, 0.25) is 0 Å². The molecule has 0 aromatic carbocycles. The van der Waals surface area contributed by atoms with Crippen LogP contribution in [0.15, 0.2) is 0 Å². The average Bonchev–Trinajstić information content (AvgIpc) is 2.50. The van der Waals surface area contributed by atoms with E-state index in [1.54, 1.807) is 0 Å². The predicted octanol–water partition coefficient (Wildman–Crippen LogP) is 3.01. The minimum Gasteiger partial charge on any atom is -0.365 e. The monoisotopic (exact) mass is 298 g/mol. The molecule has 0 aromatic rings. The highest BCUT2D eigenvalue weighted by Crippen LogP contribution is 2.22. The molecule has 1 unspecified atom stereocenters. The van der Waals surface area contributed by atoms with Crippen molar-refractivity contribution in [2.45, 2.75) is 90.4 Å². The molecular formula is C17H34N2O2. The molecule has 1 rings (SSSR count). The highest BCUT2D eigenvalue weighted by molar-refractivity contribution is 5.80. The van der Waals surface area contributed by atoms with Crippen LogP contribution in [0.4, 0.5) is 0 Å². The van der Waals surface area contributed by atoms with E-state index in [-0.39, 0.29) is 18.1 Å². The maximum atomic E-state index is 11.9. The quantitative estimate of drug-likeness (QED) is 0.610. The van der Waals surface area contributed by atoms with Crippen LogP contribution < -0.4 is 10.6 Å². The zero-order valence-electron chi connectivity index (χ0n) is 14.1. The smallest absolute Gasteiger partial charge is 0.248 e. The van der Waals surface area contributed by atoms with Crippen LogP contribution in [0, 0.1) is 0 Å². The van der Waals surface area contributed by atoms with Gasteiger partial charge >= 0.3 is 0 Å². The lowest BCUT2D eigenvalue weighted by atomic mass is 9.93. The minimum atomic E-state index is -0.322. The Bertz CT molecular complexity index is 276. The number of hydrogen-bond donors (Lipinski definition) is 2. The van der Waals surface area contributed by atoms with Crippen molar-refractivity contribution < 1.29 is 9.53 Å². The Kier molecular flexibility index (Phi) is 9.68. The molecule has 1 aliphatic carbocycles. The molecule has 0 aromatic heterocycles. The Labute approximate surface area is 130 Å². The Balaban J connectivity index is 2.14. The third kappa shape index (κ3) is 7.82. The number of amides is 1. The molecule has 0 bridgehead atoms. The van der Waals surface area contributed by atoms with E-state index in [1.165, 1.54) is 19.3 Å². The number of hydrogen-bond acceptors (Lipinski definition) is 3. The molecule has 4 heteroatoms. The van der Waals surface area contributed by atoms with Gasteiger partial charge in [-0.05, 0) is 52.0 Å². The molecule has 0 saturated heterocycles. The maximum Gasteiger partial charge on any atom is 0.248 e. The number of ether oxygens (including phenoxy) is 1. The van der Waals surface area contributed by atoms with Crippen molar-refractivity contribution in [3.05, 3.63) is 0 Å². The second-order valence-electron chi connectivity index (χ2n) is 6.20. The molecular weight excluding hydrogens is 264 g/mol. The summed E-state index contributed by atoms with van der Waals surface area (Å²) in [6, 6.07) is 0.642. The van der Waals surface area contributed by atoms with Crippen LogP contribution in [-0.4, -0.2) is 37.2 Å². The molecule has 0 spiro atoms. The van der Waals surface area contributed by atoms with Gasteiger partial charge in [0.05, 0.1) is 6.10 Å². The predicted molar refractivity (Wildman–Crippen MR) is 87.4 cm³/mol. The summed E-state index contributed by atoms with van der Waals surface area (Å²) < 4.78 is 5.92. The molecule has 0 heterocycles. The Morgan fingerprint density at radius 1 is 1.10 bits per heavy atom. The van der Waals surface area contributed by atoms with Crippen molar-refractivity contribution in [2.75, 3.05) is 13.1 Å². The molecule has 0 aliphatic heterocycles. The fourth-order valence-electron chi connectivity index (χ4n) is 2.83. The summed E-state index contributed by atoms with van der Waals surface area (Å²) in [4.78, 5) is 11.9. The highest BCUT2D eigenvalue weighted by Gasteiger charge is 2.24. The van der Waals surface area contributed by atoms with Crippen LogP contribution in [0.1, 0.15) is 72.1 Å². The molecule has 1 saturated carbocycles. The fourth-order valence-corrected chi connectivity index (χ4v) is 2.83. The van der Waals surface area contributed by atoms with Crippen LogP contribution in [-0.2, 0) is 9.53 Å². The number of rotatable bonds is 10. The van der Waals surface area contributed by atoms with Crippen molar-refractivity contribution in [1.82, 2.24) is 10.6 Å². The van der Waals surface area contributed by atoms with E-state index in [9.17, 15) is 4.79 Å². The third-order valence-corrected chi connectivity index (χ3v) is 4.20. The SMILES string of the molecule is CCCCCNC(=O)C(C)OC1CCC(NCCC)CC1. The van der Waals surface area contributed by atoms with Gasteiger partial charge in [0.1, 0.15) is 6.10 Å². The van der Waals surface area contributed by atoms with E-state index in [1.807, 2.05) is 6.92 Å². The van der Waals surface area contributed by atoms with E-state index < -0.39 is 0 Å². The number of carbonyl (C=O) groups excluding carboxylic acids is 1. The van der Waals surface area contributed by atoms with Crippen molar-refractivity contribution in [2.24, 2.45) is 0 Å². The third-order valence-electron chi connectivity index (χ3n) is 4.20. The summed E-state index contributed by atoms with van der Waals surface area (Å²) >= 11 is 0. The van der Waals surface area contributed by atoms with Crippen molar-refractivity contribution in [3.8, 4) is 0 Å². The summed E-state index contributed by atoms with van der Waals surface area (Å²) in [5.74, 6) is 0.0392. The summed E-state index contributed by atoms with van der Waals surface area (Å²) in [7, 11) is 0. The summed E-state index contributed by atoms with van der Waals surface area (Å²) in [6.07, 6.45) is 8.98. The second kappa shape index (κ2) is 11.0. The first-order valence-corrected chi connectivity index (χ1v) is 8.83. The first-order valence-electron chi connectivity index (χ1n) is 8.83. The molecule has 124 valence electrons. The van der Waals surface area contributed by atoms with Gasteiger partial charge in [0, 0.05) is 12.6 Å². The molecule has 1 amide bonds. The normalized spacial score (nSPS) is 23.8. The number of nitrogens with one attached hydrogen (secondary N) is 2. The Hall–Kier alpha value is -0.610. The van der Waals surface area contributed by atoms with Crippen LogP contribution in [0.5, 0.6) is 0 Å². The first-order chi connectivity index (χ1) is 10.2. The van der Waals surface area contributed by atoms with E-state index in [4.69, 9.17) is 4.74 Å². The van der Waals surface area contributed by atoms with Gasteiger partial charge in [-0.1, -0.05) is 26.7 Å². The maximum absolute atomic E-state index is 11.9. The van der Waals surface area contributed by atoms with Gasteiger partial charge < -0.3 is 15.4 Å². The van der Waals surface area contributed by atoms with Crippen LogP contribution >= 0.6 is 0 Å². The van der Waals surface area contributed by atoms with Gasteiger partial charge in [0.2, 0.25) is 5.91 Å². The standard InChI is InChI=1S/C17H34N2O2/c1-4-6-7-13-19-17(20)14(3)21-16-10-8-15(9-11-16)18-12-5-2/h14-16,18H,4-13H2,1-3H3,(H,19,20). The second-order valence-corrected chi connectivity index (χ2v) is 6.20. The molecule has 1 atom stereocenters. The van der Waals surface area contributed by atoms with Gasteiger partial charge in [0.15, 0.2) is 0 Å². The lowest BCUT2D eigenvalue weighted by molar-refractivity contribution is -0.136. The zero-order chi connectivity index (χ0) is 15.5. The van der Waals surface area contributed by atoms with Gasteiger partial charge in [-0.15, -0.1) is 0 Å². The van der Waals surface area contributed by atoms with Crippen molar-refractivity contribution in [3.63, 3.8) is 0 Å².